The average Bonchev–Trinajstić information content (AvgIpc) is 2.87. The monoisotopic (exact) mass is 348 g/mol. The van der Waals surface area contributed by atoms with E-state index >= 15 is 0 Å². The summed E-state index contributed by atoms with van der Waals surface area (Å²) in [5.74, 6) is 0.834. The predicted octanol–water partition coefficient (Wildman–Crippen LogP) is 3.91. The Morgan fingerprint density at radius 3 is 2.67 bits per heavy atom. The molecule has 6 nitrogen and oxygen atoms in total. The van der Waals surface area contributed by atoms with Crippen molar-refractivity contribution in [2.24, 2.45) is 0 Å². The number of amides is 1. The van der Waals surface area contributed by atoms with Crippen LogP contribution in [0.1, 0.15) is 33.6 Å². The maximum absolute atomic E-state index is 11.6. The predicted molar refractivity (Wildman–Crippen MR) is 96.3 cm³/mol. The molecule has 0 bridgehead atoms. The molecule has 1 aromatic carbocycles. The second-order valence-electron chi connectivity index (χ2n) is 6.51. The van der Waals surface area contributed by atoms with Crippen LogP contribution in [0.3, 0.4) is 0 Å². The molecule has 0 atom stereocenters. The molecule has 1 heterocycles. The normalized spacial score (nSPS) is 11.3. The fourth-order valence-corrected chi connectivity index (χ4v) is 2.46. The Balaban J connectivity index is 1.83. The van der Waals surface area contributed by atoms with Crippen molar-refractivity contribution in [1.29, 1.82) is 0 Å². The minimum Gasteiger partial charge on any atom is -0.444 e. The van der Waals surface area contributed by atoms with Gasteiger partial charge in [0.15, 0.2) is 10.6 Å². The van der Waals surface area contributed by atoms with E-state index in [1.165, 1.54) is 0 Å². The summed E-state index contributed by atoms with van der Waals surface area (Å²) in [5, 5.41) is 9.92. The summed E-state index contributed by atoms with van der Waals surface area (Å²) in [5.41, 5.74) is 0.551. The van der Waals surface area contributed by atoms with Gasteiger partial charge in [-0.2, -0.15) is 5.10 Å². The van der Waals surface area contributed by atoms with Crippen LogP contribution < -0.4 is 5.32 Å². The minimum absolute atomic E-state index is 0.382. The Morgan fingerprint density at radius 1 is 1.29 bits per heavy atom. The first kappa shape index (κ1) is 18.2. The molecule has 24 heavy (non-hydrogen) atoms. The van der Waals surface area contributed by atoms with Gasteiger partial charge in [0, 0.05) is 18.7 Å². The van der Waals surface area contributed by atoms with Crippen molar-refractivity contribution in [3.63, 3.8) is 0 Å². The molecular formula is C17H24N4O2S. The number of nitrogens with zero attached hydrogens (tertiary/aromatic N) is 2. The standard InChI is InChI=1S/C17H24N4O2S/c1-17(2,3)23-16(22)18-11-7-8-12-21-14(19-20-15(21)24)13-9-5-4-6-10-13/h4-6,9-10H,7-8,11-12H2,1-3H3,(H,18,22)(H,20,24). The molecule has 2 rings (SSSR count). The Morgan fingerprint density at radius 2 is 2.00 bits per heavy atom. The number of carbonyl (C=O) groups is 1. The summed E-state index contributed by atoms with van der Waals surface area (Å²) in [7, 11) is 0. The number of ether oxygens (including phenoxy) is 1. The highest BCUT2D eigenvalue weighted by Crippen LogP contribution is 2.17. The number of nitrogens with one attached hydrogen (secondary N) is 2. The number of unbranched alkanes of at least 4 members (excludes halogenated alkanes) is 1. The van der Waals surface area contributed by atoms with E-state index in [1.54, 1.807) is 0 Å². The molecule has 7 heteroatoms. The van der Waals surface area contributed by atoms with Gasteiger partial charge in [0.1, 0.15) is 5.60 Å². The zero-order valence-electron chi connectivity index (χ0n) is 14.3. The lowest BCUT2D eigenvalue weighted by Gasteiger charge is -2.19. The average molecular weight is 348 g/mol. The van der Waals surface area contributed by atoms with Gasteiger partial charge < -0.3 is 14.6 Å². The molecule has 130 valence electrons. The fraction of sp³-hybridized carbons (Fsp3) is 0.471. The number of aromatic amines is 1. The van der Waals surface area contributed by atoms with E-state index in [4.69, 9.17) is 17.0 Å². The van der Waals surface area contributed by atoms with Crippen LogP contribution in [-0.4, -0.2) is 33.0 Å². The van der Waals surface area contributed by atoms with E-state index in [-0.39, 0.29) is 6.09 Å². The van der Waals surface area contributed by atoms with Gasteiger partial charge in [-0.25, -0.2) is 4.79 Å². The molecular weight excluding hydrogens is 324 g/mol. The maximum Gasteiger partial charge on any atom is 0.407 e. The lowest BCUT2D eigenvalue weighted by atomic mass is 10.2. The summed E-state index contributed by atoms with van der Waals surface area (Å²) in [6.45, 7) is 6.85. The summed E-state index contributed by atoms with van der Waals surface area (Å²) in [6.07, 6.45) is 1.33. The van der Waals surface area contributed by atoms with Crippen LogP contribution in [0.25, 0.3) is 11.4 Å². The van der Waals surface area contributed by atoms with Crippen molar-refractivity contribution < 1.29 is 9.53 Å². The maximum atomic E-state index is 11.6. The van der Waals surface area contributed by atoms with E-state index in [0.717, 1.165) is 30.8 Å². The third-order valence-electron chi connectivity index (χ3n) is 3.27. The van der Waals surface area contributed by atoms with Gasteiger partial charge in [-0.1, -0.05) is 30.3 Å². The van der Waals surface area contributed by atoms with E-state index < -0.39 is 5.60 Å². The van der Waals surface area contributed by atoms with Gasteiger partial charge >= 0.3 is 6.09 Å². The van der Waals surface area contributed by atoms with Crippen molar-refractivity contribution in [3.8, 4) is 11.4 Å². The lowest BCUT2D eigenvalue weighted by Crippen LogP contribution is -2.33. The topological polar surface area (TPSA) is 71.9 Å². The quantitative estimate of drug-likeness (QED) is 0.613. The highest BCUT2D eigenvalue weighted by molar-refractivity contribution is 7.71. The van der Waals surface area contributed by atoms with Crippen LogP contribution in [0.4, 0.5) is 4.79 Å². The smallest absolute Gasteiger partial charge is 0.407 e. The molecule has 0 aliphatic carbocycles. The first-order valence-corrected chi connectivity index (χ1v) is 8.45. The lowest BCUT2D eigenvalue weighted by molar-refractivity contribution is 0.0527. The summed E-state index contributed by atoms with van der Waals surface area (Å²) in [4.78, 5) is 11.6. The van der Waals surface area contributed by atoms with E-state index in [1.807, 2.05) is 55.7 Å². The fourth-order valence-electron chi connectivity index (χ4n) is 2.23. The van der Waals surface area contributed by atoms with Crippen molar-refractivity contribution in [2.75, 3.05) is 6.54 Å². The van der Waals surface area contributed by atoms with Gasteiger partial charge in [0.05, 0.1) is 0 Å². The number of carbonyl (C=O) groups excluding carboxylic acids is 1. The van der Waals surface area contributed by atoms with Crippen molar-refractivity contribution >= 4 is 18.3 Å². The van der Waals surface area contributed by atoms with Crippen molar-refractivity contribution in [2.45, 2.75) is 45.8 Å². The summed E-state index contributed by atoms with van der Waals surface area (Å²) in [6, 6.07) is 9.93. The largest absolute Gasteiger partial charge is 0.444 e. The van der Waals surface area contributed by atoms with Gasteiger partial charge in [0.2, 0.25) is 0 Å². The Hall–Kier alpha value is -2.15. The zero-order chi connectivity index (χ0) is 17.6. The first-order chi connectivity index (χ1) is 11.4. The molecule has 1 aromatic heterocycles. The van der Waals surface area contributed by atoms with Gasteiger partial charge in [-0.3, -0.25) is 5.10 Å². The number of hydrogen-bond donors (Lipinski definition) is 2. The van der Waals surface area contributed by atoms with E-state index in [9.17, 15) is 4.79 Å². The highest BCUT2D eigenvalue weighted by Gasteiger charge is 2.15. The zero-order valence-corrected chi connectivity index (χ0v) is 15.2. The molecule has 0 unspecified atom stereocenters. The molecule has 0 radical (unpaired) electrons. The van der Waals surface area contributed by atoms with Crippen LogP contribution in [0.5, 0.6) is 0 Å². The second-order valence-corrected chi connectivity index (χ2v) is 6.89. The summed E-state index contributed by atoms with van der Waals surface area (Å²) < 4.78 is 7.79. The van der Waals surface area contributed by atoms with Crippen molar-refractivity contribution in [1.82, 2.24) is 20.1 Å². The molecule has 0 spiro atoms. The van der Waals surface area contributed by atoms with E-state index in [0.29, 0.717) is 11.3 Å². The molecule has 0 saturated heterocycles. The van der Waals surface area contributed by atoms with Crippen LogP contribution in [0.15, 0.2) is 30.3 Å². The van der Waals surface area contributed by atoms with Crippen molar-refractivity contribution in [3.05, 3.63) is 35.1 Å². The van der Waals surface area contributed by atoms with E-state index in [2.05, 4.69) is 15.5 Å². The van der Waals surface area contributed by atoms with Crippen LogP contribution in [0, 0.1) is 4.77 Å². The number of aromatic nitrogens is 3. The number of alkyl carbamates (subject to hydrolysis) is 1. The summed E-state index contributed by atoms with van der Waals surface area (Å²) >= 11 is 5.31. The first-order valence-electron chi connectivity index (χ1n) is 8.04. The number of benzene rings is 1. The molecule has 0 fully saturated rings. The number of H-pyrrole nitrogens is 1. The van der Waals surface area contributed by atoms with Gasteiger partial charge in [0.25, 0.3) is 0 Å². The second kappa shape index (κ2) is 8.10. The third kappa shape index (κ3) is 5.49. The molecule has 0 aliphatic rings. The Bertz CT molecular complexity index is 716. The van der Waals surface area contributed by atoms with Crippen LogP contribution in [-0.2, 0) is 11.3 Å². The van der Waals surface area contributed by atoms with Gasteiger partial charge in [-0.15, -0.1) is 0 Å². The molecule has 1 amide bonds. The van der Waals surface area contributed by atoms with Gasteiger partial charge in [-0.05, 0) is 45.8 Å². The number of hydrogen-bond acceptors (Lipinski definition) is 4. The molecule has 0 aliphatic heterocycles. The molecule has 2 aromatic rings. The Labute approximate surface area is 147 Å². The SMILES string of the molecule is CC(C)(C)OC(=O)NCCCCn1c(-c2ccccc2)n[nH]c1=S. The Kier molecular flexibility index (Phi) is 6.14. The van der Waals surface area contributed by atoms with Crippen LogP contribution in [0.2, 0.25) is 0 Å². The highest BCUT2D eigenvalue weighted by atomic mass is 32.1. The number of rotatable bonds is 6. The minimum atomic E-state index is -0.474. The third-order valence-corrected chi connectivity index (χ3v) is 3.58. The molecule has 2 N–H and O–H groups in total. The molecule has 0 saturated carbocycles. The van der Waals surface area contributed by atoms with Crippen LogP contribution >= 0.6 is 12.2 Å².